The SMILES string of the molecule is COc1ccc(C(N)=S)c(OCCOc2ccccc2C(C)(C)C)c1. The summed E-state index contributed by atoms with van der Waals surface area (Å²) in [7, 11) is 1.60. The predicted molar refractivity (Wildman–Crippen MR) is 105 cm³/mol. The minimum absolute atomic E-state index is 0.0170. The summed E-state index contributed by atoms with van der Waals surface area (Å²) in [6.07, 6.45) is 0. The van der Waals surface area contributed by atoms with Crippen LogP contribution < -0.4 is 19.9 Å². The van der Waals surface area contributed by atoms with Gasteiger partial charge < -0.3 is 19.9 Å². The molecule has 0 atom stereocenters. The molecule has 2 aromatic carbocycles. The van der Waals surface area contributed by atoms with Crippen molar-refractivity contribution in [2.45, 2.75) is 26.2 Å². The van der Waals surface area contributed by atoms with Crippen molar-refractivity contribution in [3.8, 4) is 17.2 Å². The molecule has 0 saturated carbocycles. The summed E-state index contributed by atoms with van der Waals surface area (Å²) < 4.78 is 17.0. The largest absolute Gasteiger partial charge is 0.497 e. The maximum Gasteiger partial charge on any atom is 0.133 e. The first-order valence-electron chi connectivity index (χ1n) is 8.16. The second-order valence-corrected chi connectivity index (χ2v) is 7.11. The van der Waals surface area contributed by atoms with Crippen molar-refractivity contribution < 1.29 is 14.2 Å². The van der Waals surface area contributed by atoms with Gasteiger partial charge in [-0.2, -0.15) is 0 Å². The molecular formula is C20H25NO3S. The summed E-state index contributed by atoms with van der Waals surface area (Å²) in [4.78, 5) is 0.289. The van der Waals surface area contributed by atoms with Crippen LogP contribution in [0.15, 0.2) is 42.5 Å². The number of methoxy groups -OCH3 is 1. The standard InChI is InChI=1S/C20H25NO3S/c1-20(2,3)16-7-5-6-8-17(16)23-11-12-24-18-13-14(22-4)9-10-15(18)19(21)25/h5-10,13H,11-12H2,1-4H3,(H2,21,25). The van der Waals surface area contributed by atoms with Crippen molar-refractivity contribution in [2.24, 2.45) is 5.73 Å². The molecule has 2 aromatic rings. The van der Waals surface area contributed by atoms with E-state index in [1.807, 2.05) is 18.2 Å². The molecule has 0 spiro atoms. The molecule has 0 aliphatic rings. The van der Waals surface area contributed by atoms with Crippen molar-refractivity contribution in [3.05, 3.63) is 53.6 Å². The Morgan fingerprint density at radius 1 is 1.00 bits per heavy atom. The molecule has 0 radical (unpaired) electrons. The van der Waals surface area contributed by atoms with Crippen LogP contribution >= 0.6 is 12.2 Å². The molecule has 0 aliphatic carbocycles. The van der Waals surface area contributed by atoms with E-state index >= 15 is 0 Å². The first-order valence-corrected chi connectivity index (χ1v) is 8.56. The normalized spacial score (nSPS) is 11.0. The number of nitrogens with two attached hydrogens (primary N) is 1. The topological polar surface area (TPSA) is 53.7 Å². The van der Waals surface area contributed by atoms with Gasteiger partial charge in [-0.15, -0.1) is 0 Å². The molecule has 4 nitrogen and oxygen atoms in total. The fourth-order valence-electron chi connectivity index (χ4n) is 2.47. The number of para-hydroxylation sites is 1. The summed E-state index contributed by atoms with van der Waals surface area (Å²) in [5.41, 5.74) is 7.62. The first kappa shape index (κ1) is 19.1. The van der Waals surface area contributed by atoms with Gasteiger partial charge in [-0.05, 0) is 29.2 Å². The molecule has 0 heterocycles. The first-order chi connectivity index (χ1) is 11.8. The zero-order chi connectivity index (χ0) is 18.4. The van der Waals surface area contributed by atoms with E-state index in [0.29, 0.717) is 30.3 Å². The van der Waals surface area contributed by atoms with E-state index in [-0.39, 0.29) is 10.4 Å². The molecule has 5 heteroatoms. The van der Waals surface area contributed by atoms with E-state index in [4.69, 9.17) is 32.2 Å². The van der Waals surface area contributed by atoms with Crippen molar-refractivity contribution in [1.29, 1.82) is 0 Å². The lowest BCUT2D eigenvalue weighted by atomic mass is 9.86. The van der Waals surface area contributed by atoms with Gasteiger partial charge in [0.15, 0.2) is 0 Å². The Labute approximate surface area is 154 Å². The minimum Gasteiger partial charge on any atom is -0.497 e. The number of hydrogen-bond donors (Lipinski definition) is 1. The highest BCUT2D eigenvalue weighted by Crippen LogP contribution is 2.31. The lowest BCUT2D eigenvalue weighted by molar-refractivity contribution is 0.213. The molecule has 0 amide bonds. The second-order valence-electron chi connectivity index (χ2n) is 6.67. The van der Waals surface area contributed by atoms with E-state index in [9.17, 15) is 0 Å². The smallest absolute Gasteiger partial charge is 0.133 e. The molecule has 0 aliphatic heterocycles. The highest BCUT2D eigenvalue weighted by molar-refractivity contribution is 7.80. The summed E-state index contributed by atoms with van der Waals surface area (Å²) in [5.74, 6) is 2.16. The van der Waals surface area contributed by atoms with E-state index < -0.39 is 0 Å². The van der Waals surface area contributed by atoms with Crippen LogP contribution in [0.3, 0.4) is 0 Å². The molecule has 25 heavy (non-hydrogen) atoms. The number of hydrogen-bond acceptors (Lipinski definition) is 4. The highest BCUT2D eigenvalue weighted by Gasteiger charge is 2.18. The third-order valence-electron chi connectivity index (χ3n) is 3.75. The maximum absolute atomic E-state index is 5.92. The van der Waals surface area contributed by atoms with Crippen LogP contribution in [0.2, 0.25) is 0 Å². The van der Waals surface area contributed by atoms with E-state index in [1.165, 1.54) is 5.56 Å². The Balaban J connectivity index is 2.02. The van der Waals surface area contributed by atoms with Gasteiger partial charge in [-0.1, -0.05) is 51.2 Å². The molecule has 2 N–H and O–H groups in total. The predicted octanol–water partition coefficient (Wildman–Crippen LogP) is 4.08. The number of benzene rings is 2. The van der Waals surface area contributed by atoms with Crippen LogP contribution in [-0.2, 0) is 5.41 Å². The summed E-state index contributed by atoms with van der Waals surface area (Å²) >= 11 is 5.07. The Bertz CT molecular complexity index is 738. The van der Waals surface area contributed by atoms with Crippen molar-refractivity contribution >= 4 is 17.2 Å². The van der Waals surface area contributed by atoms with E-state index in [1.54, 1.807) is 25.3 Å². The van der Waals surface area contributed by atoms with Crippen LogP contribution in [0.4, 0.5) is 0 Å². The van der Waals surface area contributed by atoms with Gasteiger partial charge in [-0.25, -0.2) is 0 Å². The van der Waals surface area contributed by atoms with Crippen molar-refractivity contribution in [2.75, 3.05) is 20.3 Å². The van der Waals surface area contributed by atoms with Gasteiger partial charge in [0.25, 0.3) is 0 Å². The van der Waals surface area contributed by atoms with Crippen LogP contribution in [0.5, 0.6) is 17.2 Å². The third kappa shape index (κ3) is 5.10. The quantitative estimate of drug-likeness (QED) is 0.596. The van der Waals surface area contributed by atoms with E-state index in [2.05, 4.69) is 26.8 Å². The molecule has 0 unspecified atom stereocenters. The van der Waals surface area contributed by atoms with Gasteiger partial charge in [0, 0.05) is 6.07 Å². The fraction of sp³-hybridized carbons (Fsp3) is 0.350. The molecule has 2 rings (SSSR count). The van der Waals surface area contributed by atoms with Crippen LogP contribution in [0.25, 0.3) is 0 Å². The monoisotopic (exact) mass is 359 g/mol. The van der Waals surface area contributed by atoms with Gasteiger partial charge in [0.05, 0.1) is 12.7 Å². The van der Waals surface area contributed by atoms with Crippen molar-refractivity contribution in [3.63, 3.8) is 0 Å². The number of ether oxygens (including phenoxy) is 3. The Morgan fingerprint density at radius 3 is 2.24 bits per heavy atom. The Kier molecular flexibility index (Phi) is 6.26. The Morgan fingerprint density at radius 2 is 1.64 bits per heavy atom. The number of thiocarbonyl (C=S) groups is 1. The fourth-order valence-corrected chi connectivity index (χ4v) is 2.64. The third-order valence-corrected chi connectivity index (χ3v) is 3.97. The highest BCUT2D eigenvalue weighted by atomic mass is 32.1. The van der Waals surface area contributed by atoms with Gasteiger partial charge in [0.2, 0.25) is 0 Å². The average Bonchev–Trinajstić information content (AvgIpc) is 2.57. The molecule has 0 aromatic heterocycles. The Hall–Kier alpha value is -2.27. The lowest BCUT2D eigenvalue weighted by Crippen LogP contribution is -2.17. The van der Waals surface area contributed by atoms with Crippen molar-refractivity contribution in [1.82, 2.24) is 0 Å². The zero-order valence-corrected chi connectivity index (χ0v) is 16.0. The average molecular weight is 359 g/mol. The van der Waals surface area contributed by atoms with Crippen LogP contribution in [-0.4, -0.2) is 25.3 Å². The minimum atomic E-state index is 0.0170. The molecule has 134 valence electrons. The zero-order valence-electron chi connectivity index (χ0n) is 15.2. The van der Waals surface area contributed by atoms with Crippen LogP contribution in [0.1, 0.15) is 31.9 Å². The molecule has 0 bridgehead atoms. The van der Waals surface area contributed by atoms with Gasteiger partial charge in [-0.3, -0.25) is 0 Å². The lowest BCUT2D eigenvalue weighted by Gasteiger charge is -2.22. The summed E-state index contributed by atoms with van der Waals surface area (Å²) in [6.45, 7) is 7.28. The summed E-state index contributed by atoms with van der Waals surface area (Å²) in [6, 6.07) is 13.4. The van der Waals surface area contributed by atoms with Gasteiger partial charge >= 0.3 is 0 Å². The second kappa shape index (κ2) is 8.21. The van der Waals surface area contributed by atoms with Gasteiger partial charge in [0.1, 0.15) is 35.5 Å². The molecule has 0 fully saturated rings. The van der Waals surface area contributed by atoms with E-state index in [0.717, 1.165) is 5.75 Å². The maximum atomic E-state index is 5.92. The summed E-state index contributed by atoms with van der Waals surface area (Å²) in [5, 5.41) is 0. The number of rotatable bonds is 7. The van der Waals surface area contributed by atoms with Crippen LogP contribution in [0, 0.1) is 0 Å². The molecule has 0 saturated heterocycles. The molecular weight excluding hydrogens is 334 g/mol.